The van der Waals surface area contributed by atoms with E-state index >= 15 is 0 Å². The zero-order chi connectivity index (χ0) is 18.8. The quantitative estimate of drug-likeness (QED) is 0.765. The van der Waals surface area contributed by atoms with Crippen LogP contribution in [0, 0.1) is 18.7 Å². The number of carbonyl (C=O) groups is 1. The molecule has 142 valence electrons. The Bertz CT molecular complexity index is 812. The molecule has 0 bridgehead atoms. The number of likely N-dealkylation sites (tertiary alicyclic amines) is 1. The molecule has 3 nitrogen and oxygen atoms in total. The highest BCUT2D eigenvalue weighted by Crippen LogP contribution is 2.36. The number of halogens is 1. The standard InChI is InChI=1S/C23H27FN2O/c1-16-13-18(14-17-8-10-20(24)11-9-17)15-21(25-16)22-7-4-12-26(22)23(27)19-5-2-3-6-19/h8-11,13,15,19,22H,2-7,12,14H2,1H3/t22-/m0/s1. The van der Waals surface area contributed by atoms with Gasteiger partial charge in [-0.25, -0.2) is 4.39 Å². The van der Waals surface area contributed by atoms with Gasteiger partial charge in [0, 0.05) is 18.2 Å². The SMILES string of the molecule is Cc1cc(Cc2ccc(F)cc2)cc([C@@H]2CCCN2C(=O)C2CCCC2)n1. The molecule has 1 aromatic carbocycles. The lowest BCUT2D eigenvalue weighted by Crippen LogP contribution is -2.35. The smallest absolute Gasteiger partial charge is 0.226 e. The Morgan fingerprint density at radius 1 is 1.07 bits per heavy atom. The van der Waals surface area contributed by atoms with Gasteiger partial charge >= 0.3 is 0 Å². The Hall–Kier alpha value is -2.23. The summed E-state index contributed by atoms with van der Waals surface area (Å²) < 4.78 is 13.2. The first-order chi connectivity index (χ1) is 13.1. The molecule has 1 amide bonds. The van der Waals surface area contributed by atoms with Gasteiger partial charge in [0.2, 0.25) is 5.91 Å². The predicted molar refractivity (Wildman–Crippen MR) is 104 cm³/mol. The lowest BCUT2D eigenvalue weighted by molar-refractivity contribution is -0.136. The van der Waals surface area contributed by atoms with Gasteiger partial charge in [-0.15, -0.1) is 0 Å². The summed E-state index contributed by atoms with van der Waals surface area (Å²) >= 11 is 0. The van der Waals surface area contributed by atoms with Crippen molar-refractivity contribution in [2.24, 2.45) is 5.92 Å². The van der Waals surface area contributed by atoms with E-state index in [0.29, 0.717) is 5.91 Å². The lowest BCUT2D eigenvalue weighted by Gasteiger charge is -2.27. The molecule has 0 spiro atoms. The highest BCUT2D eigenvalue weighted by atomic mass is 19.1. The fourth-order valence-corrected chi connectivity index (χ4v) is 4.62. The summed E-state index contributed by atoms with van der Waals surface area (Å²) in [7, 11) is 0. The minimum atomic E-state index is -0.211. The number of rotatable bonds is 4. The molecule has 4 rings (SSSR count). The average molecular weight is 366 g/mol. The summed E-state index contributed by atoms with van der Waals surface area (Å²) in [6.45, 7) is 2.86. The number of aromatic nitrogens is 1. The molecule has 1 aromatic heterocycles. The maximum Gasteiger partial charge on any atom is 0.226 e. The van der Waals surface area contributed by atoms with Gasteiger partial charge < -0.3 is 4.90 Å². The molecular weight excluding hydrogens is 339 g/mol. The van der Waals surface area contributed by atoms with Crippen molar-refractivity contribution in [3.63, 3.8) is 0 Å². The first kappa shape index (κ1) is 18.1. The highest BCUT2D eigenvalue weighted by Gasteiger charge is 2.35. The average Bonchev–Trinajstić information content (AvgIpc) is 3.34. The third-order valence-electron chi connectivity index (χ3n) is 5.94. The van der Waals surface area contributed by atoms with Gasteiger partial charge in [0.15, 0.2) is 0 Å². The number of benzene rings is 1. The fraction of sp³-hybridized carbons (Fsp3) is 0.478. The van der Waals surface area contributed by atoms with Crippen molar-refractivity contribution in [3.8, 4) is 0 Å². The second-order valence-electron chi connectivity index (χ2n) is 8.02. The highest BCUT2D eigenvalue weighted by molar-refractivity contribution is 5.79. The molecule has 1 atom stereocenters. The minimum absolute atomic E-state index is 0.102. The van der Waals surface area contributed by atoms with Crippen molar-refractivity contribution in [2.75, 3.05) is 6.54 Å². The number of carbonyl (C=O) groups excluding carboxylic acids is 1. The largest absolute Gasteiger partial charge is 0.334 e. The Morgan fingerprint density at radius 2 is 1.81 bits per heavy atom. The Kier molecular flexibility index (Phi) is 5.24. The van der Waals surface area contributed by atoms with Gasteiger partial charge in [-0.1, -0.05) is 25.0 Å². The summed E-state index contributed by atoms with van der Waals surface area (Å²) in [5.74, 6) is 0.338. The van der Waals surface area contributed by atoms with Crippen LogP contribution < -0.4 is 0 Å². The zero-order valence-electron chi connectivity index (χ0n) is 16.0. The van der Waals surface area contributed by atoms with Crippen molar-refractivity contribution in [2.45, 2.75) is 57.9 Å². The summed E-state index contributed by atoms with van der Waals surface area (Å²) in [4.78, 5) is 19.8. The molecule has 4 heteroatoms. The van der Waals surface area contributed by atoms with Crippen molar-refractivity contribution in [1.82, 2.24) is 9.88 Å². The van der Waals surface area contributed by atoms with Gasteiger partial charge in [0.05, 0.1) is 11.7 Å². The van der Waals surface area contributed by atoms with Gasteiger partial charge in [-0.2, -0.15) is 0 Å². The lowest BCUT2D eigenvalue weighted by atomic mass is 10.0. The van der Waals surface area contributed by atoms with Crippen LogP contribution in [-0.4, -0.2) is 22.3 Å². The molecule has 0 N–H and O–H groups in total. The van der Waals surface area contributed by atoms with Crippen LogP contribution in [0.1, 0.15) is 67.1 Å². The molecule has 2 aliphatic rings. The molecular formula is C23H27FN2O. The molecule has 1 aliphatic carbocycles. The van der Waals surface area contributed by atoms with Crippen molar-refractivity contribution >= 4 is 5.91 Å². The molecule has 2 heterocycles. The van der Waals surface area contributed by atoms with Gasteiger partial charge in [-0.3, -0.25) is 9.78 Å². The van der Waals surface area contributed by atoms with Crippen LogP contribution in [0.25, 0.3) is 0 Å². The number of aryl methyl sites for hydroxylation is 1. The van der Waals surface area contributed by atoms with E-state index in [0.717, 1.165) is 55.6 Å². The summed E-state index contributed by atoms with van der Waals surface area (Å²) in [5.41, 5.74) is 4.24. The summed E-state index contributed by atoms with van der Waals surface area (Å²) in [6, 6.07) is 11.0. The normalized spacial score (nSPS) is 20.4. The second kappa shape index (κ2) is 7.79. The number of hydrogen-bond acceptors (Lipinski definition) is 2. The fourth-order valence-electron chi connectivity index (χ4n) is 4.62. The number of pyridine rings is 1. The first-order valence-corrected chi connectivity index (χ1v) is 10.1. The summed E-state index contributed by atoms with van der Waals surface area (Å²) in [5, 5.41) is 0. The van der Waals surface area contributed by atoms with Crippen LogP contribution in [0.3, 0.4) is 0 Å². The third-order valence-corrected chi connectivity index (χ3v) is 5.94. The second-order valence-corrected chi connectivity index (χ2v) is 8.02. The number of amides is 1. The Labute approximate surface area is 160 Å². The topological polar surface area (TPSA) is 33.2 Å². The molecule has 2 aromatic rings. The Balaban J connectivity index is 1.56. The maximum absolute atomic E-state index is 13.2. The molecule has 0 unspecified atom stereocenters. The molecule has 1 saturated heterocycles. The number of nitrogens with zero attached hydrogens (tertiary/aromatic N) is 2. The van der Waals surface area contributed by atoms with Crippen molar-refractivity contribution in [3.05, 3.63) is 64.7 Å². The minimum Gasteiger partial charge on any atom is -0.334 e. The van der Waals surface area contributed by atoms with E-state index < -0.39 is 0 Å². The van der Waals surface area contributed by atoms with Crippen molar-refractivity contribution < 1.29 is 9.18 Å². The van der Waals surface area contributed by atoms with Gasteiger partial charge in [0.25, 0.3) is 0 Å². The monoisotopic (exact) mass is 366 g/mol. The van der Waals surface area contributed by atoms with Gasteiger partial charge in [-0.05, 0) is 74.4 Å². The van der Waals surface area contributed by atoms with Crippen LogP contribution >= 0.6 is 0 Å². The van der Waals surface area contributed by atoms with Crippen molar-refractivity contribution in [1.29, 1.82) is 0 Å². The van der Waals surface area contributed by atoms with E-state index in [1.165, 1.54) is 30.5 Å². The first-order valence-electron chi connectivity index (χ1n) is 10.1. The molecule has 0 radical (unpaired) electrons. The third kappa shape index (κ3) is 4.05. The van der Waals surface area contributed by atoms with E-state index in [2.05, 4.69) is 17.0 Å². The number of hydrogen-bond donors (Lipinski definition) is 0. The van der Waals surface area contributed by atoms with Crippen LogP contribution in [0.15, 0.2) is 36.4 Å². The Morgan fingerprint density at radius 3 is 2.56 bits per heavy atom. The van der Waals surface area contributed by atoms with Crippen LogP contribution in [0.4, 0.5) is 4.39 Å². The van der Waals surface area contributed by atoms with E-state index in [9.17, 15) is 9.18 Å². The maximum atomic E-state index is 13.2. The zero-order valence-corrected chi connectivity index (χ0v) is 16.0. The van der Waals surface area contributed by atoms with E-state index in [-0.39, 0.29) is 17.8 Å². The molecule has 27 heavy (non-hydrogen) atoms. The van der Waals surface area contributed by atoms with Crippen LogP contribution in [0.5, 0.6) is 0 Å². The van der Waals surface area contributed by atoms with Crippen LogP contribution in [0.2, 0.25) is 0 Å². The van der Waals surface area contributed by atoms with E-state index in [1.807, 2.05) is 19.1 Å². The van der Waals surface area contributed by atoms with E-state index in [1.54, 1.807) is 0 Å². The van der Waals surface area contributed by atoms with E-state index in [4.69, 9.17) is 4.98 Å². The molecule has 2 fully saturated rings. The molecule has 1 aliphatic heterocycles. The predicted octanol–water partition coefficient (Wildman–Crippen LogP) is 4.97. The van der Waals surface area contributed by atoms with Crippen LogP contribution in [-0.2, 0) is 11.2 Å². The summed E-state index contributed by atoms with van der Waals surface area (Å²) in [6.07, 6.45) is 7.23. The molecule has 1 saturated carbocycles. The van der Waals surface area contributed by atoms with Gasteiger partial charge in [0.1, 0.15) is 5.82 Å².